The summed E-state index contributed by atoms with van der Waals surface area (Å²) < 4.78 is 5.29. The van der Waals surface area contributed by atoms with Crippen LogP contribution in [0.4, 0.5) is 0 Å². The number of hydrogen-bond donors (Lipinski definition) is 1. The molecule has 0 aliphatic carbocycles. The smallest absolute Gasteiger partial charge is 0.0596 e. The van der Waals surface area contributed by atoms with Crippen molar-refractivity contribution in [2.75, 3.05) is 20.3 Å². The highest BCUT2D eigenvalue weighted by Gasteiger charge is 2.29. The van der Waals surface area contributed by atoms with Crippen molar-refractivity contribution in [3.05, 3.63) is 21.9 Å². The molecule has 0 aliphatic heterocycles. The lowest BCUT2D eigenvalue weighted by Crippen LogP contribution is -2.46. The lowest BCUT2D eigenvalue weighted by atomic mass is 10.0. The molecule has 2 N–H and O–H groups in total. The Hall–Kier alpha value is -0.420. The van der Waals surface area contributed by atoms with E-state index >= 15 is 0 Å². The summed E-state index contributed by atoms with van der Waals surface area (Å²) in [5.41, 5.74) is 6.45. The second-order valence-electron chi connectivity index (χ2n) is 5.45. The van der Waals surface area contributed by atoms with E-state index in [4.69, 9.17) is 10.5 Å². The summed E-state index contributed by atoms with van der Waals surface area (Å²) in [5.74, 6) is 0. The van der Waals surface area contributed by atoms with E-state index in [1.807, 2.05) is 11.3 Å². The van der Waals surface area contributed by atoms with E-state index in [9.17, 15) is 0 Å². The minimum atomic E-state index is 0.166. The van der Waals surface area contributed by atoms with Crippen molar-refractivity contribution < 1.29 is 4.74 Å². The highest BCUT2D eigenvalue weighted by Crippen LogP contribution is 2.32. The Morgan fingerprint density at radius 1 is 1.30 bits per heavy atom. The summed E-state index contributed by atoms with van der Waals surface area (Å²) in [5, 5.41) is 0. The van der Waals surface area contributed by atoms with Gasteiger partial charge < -0.3 is 10.5 Å². The van der Waals surface area contributed by atoms with Crippen LogP contribution < -0.4 is 5.73 Å². The van der Waals surface area contributed by atoms with Gasteiger partial charge in [0.2, 0.25) is 0 Å². The van der Waals surface area contributed by atoms with E-state index in [2.05, 4.69) is 44.7 Å². The molecule has 3 nitrogen and oxygen atoms in total. The van der Waals surface area contributed by atoms with Crippen molar-refractivity contribution >= 4 is 11.3 Å². The zero-order valence-corrected chi connectivity index (χ0v) is 14.4. The molecular weight excluding hydrogens is 268 g/mol. The fourth-order valence-corrected chi connectivity index (χ4v) is 3.60. The van der Waals surface area contributed by atoms with Crippen molar-refractivity contribution in [2.45, 2.75) is 58.7 Å². The first kappa shape index (κ1) is 17.6. The number of nitrogens with two attached hydrogens (primary N) is 1. The van der Waals surface area contributed by atoms with Gasteiger partial charge in [-0.15, -0.1) is 11.3 Å². The second kappa shape index (κ2) is 8.78. The van der Waals surface area contributed by atoms with Gasteiger partial charge in [-0.25, -0.2) is 0 Å². The maximum atomic E-state index is 6.45. The first-order valence-corrected chi connectivity index (χ1v) is 8.43. The molecule has 116 valence electrons. The van der Waals surface area contributed by atoms with Gasteiger partial charge in [0.25, 0.3) is 0 Å². The predicted molar refractivity (Wildman–Crippen MR) is 88.4 cm³/mol. The molecule has 4 heteroatoms. The van der Waals surface area contributed by atoms with Crippen LogP contribution >= 0.6 is 11.3 Å². The first-order valence-electron chi connectivity index (χ1n) is 7.61. The number of hydrogen-bond acceptors (Lipinski definition) is 4. The quantitative estimate of drug-likeness (QED) is 0.757. The van der Waals surface area contributed by atoms with Crippen LogP contribution in [-0.4, -0.2) is 37.2 Å². The van der Waals surface area contributed by atoms with Crippen molar-refractivity contribution in [2.24, 2.45) is 5.73 Å². The van der Waals surface area contributed by atoms with Gasteiger partial charge in [0.05, 0.1) is 12.6 Å². The monoisotopic (exact) mass is 298 g/mol. The van der Waals surface area contributed by atoms with E-state index in [0.717, 1.165) is 26.0 Å². The van der Waals surface area contributed by atoms with Gasteiger partial charge in [0.15, 0.2) is 0 Å². The van der Waals surface area contributed by atoms with Crippen molar-refractivity contribution in [3.63, 3.8) is 0 Å². The molecule has 0 saturated carbocycles. The highest BCUT2D eigenvalue weighted by atomic mass is 32.1. The van der Waals surface area contributed by atoms with Gasteiger partial charge >= 0.3 is 0 Å². The van der Waals surface area contributed by atoms with Gasteiger partial charge in [-0.1, -0.05) is 13.8 Å². The van der Waals surface area contributed by atoms with Gasteiger partial charge in [0, 0.05) is 35.5 Å². The third-order valence-corrected chi connectivity index (χ3v) is 5.07. The summed E-state index contributed by atoms with van der Waals surface area (Å²) in [7, 11) is 1.76. The van der Waals surface area contributed by atoms with Gasteiger partial charge in [-0.3, -0.25) is 4.90 Å². The first-order chi connectivity index (χ1) is 9.54. The summed E-state index contributed by atoms with van der Waals surface area (Å²) in [6.07, 6.45) is 2.11. The summed E-state index contributed by atoms with van der Waals surface area (Å²) in [4.78, 5) is 5.25. The van der Waals surface area contributed by atoms with Crippen LogP contribution in [-0.2, 0) is 4.74 Å². The van der Waals surface area contributed by atoms with Crippen molar-refractivity contribution in [1.82, 2.24) is 4.90 Å². The molecule has 1 aromatic heterocycles. The fraction of sp³-hybridized carbons (Fsp3) is 0.750. The SMILES string of the molecule is CCC(N)C(c1ccc(C)s1)N(CCOC)C(C)CC. The predicted octanol–water partition coefficient (Wildman–Crippen LogP) is 3.58. The molecule has 1 rings (SSSR count). The standard InChI is InChI=1S/C16H30N2OS/c1-6-12(3)18(10-11-19-5)16(14(17)7-2)15-9-8-13(4)20-15/h8-9,12,14,16H,6-7,10-11,17H2,1-5H3. The molecule has 0 amide bonds. The number of aryl methyl sites for hydroxylation is 1. The molecule has 1 aromatic rings. The van der Waals surface area contributed by atoms with Gasteiger partial charge in [-0.2, -0.15) is 0 Å². The maximum absolute atomic E-state index is 6.45. The maximum Gasteiger partial charge on any atom is 0.0596 e. The normalized spacial score (nSPS) is 16.4. The molecule has 1 heterocycles. The molecule has 0 aromatic carbocycles. The fourth-order valence-electron chi connectivity index (χ4n) is 2.52. The number of nitrogens with zero attached hydrogens (tertiary/aromatic N) is 1. The van der Waals surface area contributed by atoms with Crippen molar-refractivity contribution in [3.8, 4) is 0 Å². The van der Waals surface area contributed by atoms with Crippen LogP contribution in [0, 0.1) is 6.92 Å². The summed E-state index contributed by atoms with van der Waals surface area (Å²) >= 11 is 1.87. The van der Waals surface area contributed by atoms with Crippen LogP contribution in [0.15, 0.2) is 12.1 Å². The van der Waals surface area contributed by atoms with Crippen LogP contribution in [0.25, 0.3) is 0 Å². The van der Waals surface area contributed by atoms with Crippen LogP contribution in [0.5, 0.6) is 0 Å². The highest BCUT2D eigenvalue weighted by molar-refractivity contribution is 7.12. The Labute approximate surface area is 128 Å². The molecule has 3 atom stereocenters. The molecular formula is C16H30N2OS. The van der Waals surface area contributed by atoms with Crippen molar-refractivity contribution in [1.29, 1.82) is 0 Å². The Bertz CT molecular complexity index is 380. The van der Waals surface area contributed by atoms with E-state index in [1.54, 1.807) is 7.11 Å². The molecule has 0 saturated heterocycles. The molecule has 3 unspecified atom stereocenters. The Balaban J connectivity index is 3.03. The van der Waals surface area contributed by atoms with Crippen LogP contribution in [0.3, 0.4) is 0 Å². The van der Waals surface area contributed by atoms with Crippen LogP contribution in [0.1, 0.15) is 49.4 Å². The van der Waals surface area contributed by atoms with E-state index < -0.39 is 0 Å². The zero-order valence-electron chi connectivity index (χ0n) is 13.6. The van der Waals surface area contributed by atoms with Gasteiger partial charge in [0.1, 0.15) is 0 Å². The van der Waals surface area contributed by atoms with Crippen LogP contribution in [0.2, 0.25) is 0 Å². The number of methoxy groups -OCH3 is 1. The van der Waals surface area contributed by atoms with E-state index in [1.165, 1.54) is 9.75 Å². The molecule has 0 spiro atoms. The molecule has 0 fully saturated rings. The molecule has 20 heavy (non-hydrogen) atoms. The van der Waals surface area contributed by atoms with Gasteiger partial charge in [-0.05, 0) is 38.8 Å². The number of thiophene rings is 1. The second-order valence-corrected chi connectivity index (χ2v) is 6.77. The molecule has 0 radical (unpaired) electrons. The molecule has 0 aliphatic rings. The summed E-state index contributed by atoms with van der Waals surface area (Å²) in [6.45, 7) is 10.5. The average Bonchev–Trinajstić information content (AvgIpc) is 2.87. The summed E-state index contributed by atoms with van der Waals surface area (Å²) in [6, 6.07) is 5.40. The van der Waals surface area contributed by atoms with E-state index in [-0.39, 0.29) is 6.04 Å². The Kier molecular flexibility index (Phi) is 7.74. The number of rotatable bonds is 9. The third kappa shape index (κ3) is 4.55. The van der Waals surface area contributed by atoms with E-state index in [0.29, 0.717) is 12.1 Å². The Morgan fingerprint density at radius 2 is 2.00 bits per heavy atom. The third-order valence-electron chi connectivity index (χ3n) is 4.00. The molecule has 0 bridgehead atoms. The largest absolute Gasteiger partial charge is 0.383 e. The minimum Gasteiger partial charge on any atom is -0.383 e. The number of ether oxygens (including phenoxy) is 1. The minimum absolute atomic E-state index is 0.166. The average molecular weight is 298 g/mol. The zero-order chi connectivity index (χ0) is 15.1. The lowest BCUT2D eigenvalue weighted by molar-refractivity contribution is 0.0770. The Morgan fingerprint density at radius 3 is 2.45 bits per heavy atom. The topological polar surface area (TPSA) is 38.5 Å². The lowest BCUT2D eigenvalue weighted by Gasteiger charge is -2.38.